The van der Waals surface area contributed by atoms with Gasteiger partial charge in [0.05, 0.1) is 5.39 Å². The number of aldehydes is 1. The standard InChI is InChI=1S/C25H14O5/c26-14-17-13-20(27)30-24-18(17)11-12-19-22(24)21(15-7-3-1-4-8-15)25(29-19)23(28)16-9-5-2-6-10-16/h1-14H. The van der Waals surface area contributed by atoms with E-state index >= 15 is 0 Å². The van der Waals surface area contributed by atoms with Gasteiger partial charge in [-0.3, -0.25) is 9.59 Å². The van der Waals surface area contributed by atoms with Gasteiger partial charge in [-0.15, -0.1) is 0 Å². The monoisotopic (exact) mass is 394 g/mol. The number of furan rings is 1. The van der Waals surface area contributed by atoms with Crippen molar-refractivity contribution in [2.45, 2.75) is 0 Å². The van der Waals surface area contributed by atoms with E-state index in [0.717, 1.165) is 11.6 Å². The van der Waals surface area contributed by atoms with Crippen LogP contribution in [0.15, 0.2) is 92.5 Å². The SMILES string of the molecule is O=Cc1cc(=O)oc2c1ccc1oc(C(=O)c3ccccc3)c(-c3ccccc3)c12. The smallest absolute Gasteiger partial charge is 0.336 e. The van der Waals surface area contributed by atoms with E-state index < -0.39 is 5.63 Å². The summed E-state index contributed by atoms with van der Waals surface area (Å²) >= 11 is 0. The average molecular weight is 394 g/mol. The van der Waals surface area contributed by atoms with Crippen LogP contribution in [-0.2, 0) is 0 Å². The Balaban J connectivity index is 1.93. The van der Waals surface area contributed by atoms with Gasteiger partial charge < -0.3 is 8.83 Å². The number of benzene rings is 3. The normalized spacial score (nSPS) is 11.1. The molecular weight excluding hydrogens is 380 g/mol. The van der Waals surface area contributed by atoms with E-state index in [4.69, 9.17) is 8.83 Å². The van der Waals surface area contributed by atoms with E-state index in [1.807, 2.05) is 36.4 Å². The van der Waals surface area contributed by atoms with E-state index in [-0.39, 0.29) is 22.7 Å². The molecule has 0 fully saturated rings. The van der Waals surface area contributed by atoms with E-state index in [9.17, 15) is 14.4 Å². The molecule has 3 aromatic carbocycles. The van der Waals surface area contributed by atoms with Crippen LogP contribution >= 0.6 is 0 Å². The summed E-state index contributed by atoms with van der Waals surface area (Å²) in [7, 11) is 0. The highest BCUT2D eigenvalue weighted by Gasteiger charge is 2.26. The van der Waals surface area contributed by atoms with Crippen molar-refractivity contribution < 1.29 is 18.4 Å². The Labute approximate surface area is 170 Å². The third kappa shape index (κ3) is 2.76. The van der Waals surface area contributed by atoms with Gasteiger partial charge >= 0.3 is 5.63 Å². The lowest BCUT2D eigenvalue weighted by Crippen LogP contribution is -2.02. The van der Waals surface area contributed by atoms with Crippen LogP contribution in [-0.4, -0.2) is 12.1 Å². The van der Waals surface area contributed by atoms with Crippen LogP contribution in [0.4, 0.5) is 0 Å². The minimum absolute atomic E-state index is 0.147. The molecule has 0 aliphatic carbocycles. The first kappa shape index (κ1) is 17.8. The summed E-state index contributed by atoms with van der Waals surface area (Å²) in [5, 5.41) is 0.965. The van der Waals surface area contributed by atoms with Gasteiger partial charge in [0.1, 0.15) is 5.58 Å². The molecule has 5 nitrogen and oxygen atoms in total. The van der Waals surface area contributed by atoms with Gasteiger partial charge in [0, 0.05) is 28.1 Å². The topological polar surface area (TPSA) is 77.5 Å². The molecule has 30 heavy (non-hydrogen) atoms. The predicted molar refractivity (Wildman–Crippen MR) is 113 cm³/mol. The lowest BCUT2D eigenvalue weighted by Gasteiger charge is -2.05. The summed E-state index contributed by atoms with van der Waals surface area (Å²) in [6, 6.07) is 22.6. The van der Waals surface area contributed by atoms with Crippen LogP contribution in [0.1, 0.15) is 26.5 Å². The van der Waals surface area contributed by atoms with Gasteiger partial charge in [-0.25, -0.2) is 4.79 Å². The third-order valence-corrected chi connectivity index (χ3v) is 5.03. The van der Waals surface area contributed by atoms with Crippen molar-refractivity contribution in [1.82, 2.24) is 0 Å². The second kappa shape index (κ2) is 6.97. The van der Waals surface area contributed by atoms with Crippen LogP contribution in [0.5, 0.6) is 0 Å². The van der Waals surface area contributed by atoms with Gasteiger partial charge in [0.2, 0.25) is 5.78 Å². The molecule has 5 aromatic rings. The molecule has 0 saturated heterocycles. The van der Waals surface area contributed by atoms with Crippen molar-refractivity contribution in [3.05, 3.63) is 106 Å². The molecule has 0 radical (unpaired) electrons. The summed E-state index contributed by atoms with van der Waals surface area (Å²) in [6.07, 6.45) is 0.614. The number of hydrogen-bond donors (Lipinski definition) is 0. The van der Waals surface area contributed by atoms with Crippen molar-refractivity contribution in [2.24, 2.45) is 0 Å². The molecule has 2 heterocycles. The van der Waals surface area contributed by atoms with Crippen molar-refractivity contribution in [3.63, 3.8) is 0 Å². The molecule has 0 atom stereocenters. The van der Waals surface area contributed by atoms with Crippen molar-refractivity contribution in [2.75, 3.05) is 0 Å². The molecule has 0 spiro atoms. The maximum absolute atomic E-state index is 13.3. The highest BCUT2D eigenvalue weighted by Crippen LogP contribution is 2.40. The lowest BCUT2D eigenvalue weighted by atomic mass is 9.96. The first-order valence-electron chi connectivity index (χ1n) is 9.31. The summed E-state index contributed by atoms with van der Waals surface area (Å²) in [5.41, 5.74) is 1.93. The molecule has 0 aliphatic heterocycles. The molecule has 2 aromatic heterocycles. The van der Waals surface area contributed by atoms with Gasteiger partial charge in [-0.1, -0.05) is 60.7 Å². The Hall–Kier alpha value is -4.25. The van der Waals surface area contributed by atoms with E-state index in [1.165, 1.54) is 0 Å². The van der Waals surface area contributed by atoms with E-state index in [1.54, 1.807) is 36.4 Å². The summed E-state index contributed by atoms with van der Waals surface area (Å²) < 4.78 is 11.5. The number of ketones is 1. The minimum Gasteiger partial charge on any atom is -0.452 e. The summed E-state index contributed by atoms with van der Waals surface area (Å²) in [6.45, 7) is 0. The number of hydrogen-bond acceptors (Lipinski definition) is 5. The Bertz CT molecular complexity index is 1470. The molecule has 144 valence electrons. The number of fused-ring (bicyclic) bond motifs is 3. The van der Waals surface area contributed by atoms with Gasteiger partial charge in [-0.2, -0.15) is 0 Å². The van der Waals surface area contributed by atoms with Gasteiger partial charge in [0.25, 0.3) is 0 Å². The number of carbonyl (C=O) groups is 2. The Morgan fingerprint density at radius 1 is 0.833 bits per heavy atom. The molecule has 0 amide bonds. The van der Waals surface area contributed by atoms with Crippen molar-refractivity contribution in [3.8, 4) is 11.1 Å². The Morgan fingerprint density at radius 2 is 1.53 bits per heavy atom. The maximum Gasteiger partial charge on any atom is 0.336 e. The van der Waals surface area contributed by atoms with Crippen LogP contribution in [0.25, 0.3) is 33.1 Å². The van der Waals surface area contributed by atoms with Crippen molar-refractivity contribution in [1.29, 1.82) is 0 Å². The average Bonchev–Trinajstić information content (AvgIpc) is 3.19. The molecule has 5 heteroatoms. The Kier molecular flexibility index (Phi) is 4.14. The molecule has 0 unspecified atom stereocenters. The quantitative estimate of drug-likeness (QED) is 0.236. The number of rotatable bonds is 4. The fraction of sp³-hybridized carbons (Fsp3) is 0. The van der Waals surface area contributed by atoms with E-state index in [2.05, 4.69) is 0 Å². The zero-order valence-corrected chi connectivity index (χ0v) is 15.6. The van der Waals surface area contributed by atoms with Crippen LogP contribution in [0.3, 0.4) is 0 Å². The lowest BCUT2D eigenvalue weighted by molar-refractivity contribution is 0.101. The second-order valence-corrected chi connectivity index (χ2v) is 6.82. The molecule has 5 rings (SSSR count). The van der Waals surface area contributed by atoms with Gasteiger partial charge in [0.15, 0.2) is 17.6 Å². The predicted octanol–water partition coefficient (Wildman–Crippen LogP) is 5.25. The second-order valence-electron chi connectivity index (χ2n) is 6.82. The third-order valence-electron chi connectivity index (χ3n) is 5.03. The molecule has 0 aliphatic rings. The molecule has 0 saturated carbocycles. The summed E-state index contributed by atoms with van der Waals surface area (Å²) in [4.78, 5) is 36.9. The van der Waals surface area contributed by atoms with Gasteiger partial charge in [-0.05, 0) is 17.7 Å². The summed E-state index contributed by atoms with van der Waals surface area (Å²) in [5.74, 6) is -0.137. The molecular formula is C25H14O5. The first-order chi connectivity index (χ1) is 14.7. The fourth-order valence-electron chi connectivity index (χ4n) is 3.69. The zero-order valence-electron chi connectivity index (χ0n) is 15.6. The molecule has 0 N–H and O–H groups in total. The highest BCUT2D eigenvalue weighted by molar-refractivity contribution is 6.20. The fourth-order valence-corrected chi connectivity index (χ4v) is 3.69. The maximum atomic E-state index is 13.3. The largest absolute Gasteiger partial charge is 0.452 e. The van der Waals surface area contributed by atoms with Crippen LogP contribution < -0.4 is 5.63 Å². The minimum atomic E-state index is -0.645. The van der Waals surface area contributed by atoms with Crippen LogP contribution in [0.2, 0.25) is 0 Å². The van der Waals surface area contributed by atoms with E-state index in [0.29, 0.717) is 33.8 Å². The first-order valence-corrected chi connectivity index (χ1v) is 9.31. The van der Waals surface area contributed by atoms with Crippen LogP contribution in [0, 0.1) is 0 Å². The van der Waals surface area contributed by atoms with Crippen molar-refractivity contribution >= 4 is 34.0 Å². The highest BCUT2D eigenvalue weighted by atomic mass is 16.4. The Morgan fingerprint density at radius 3 is 2.23 bits per heavy atom. The number of carbonyl (C=O) groups excluding carboxylic acids is 2. The molecule has 0 bridgehead atoms. The zero-order chi connectivity index (χ0) is 20.7.